The molecule has 1 unspecified atom stereocenters. The van der Waals surface area contributed by atoms with Gasteiger partial charge in [-0.3, -0.25) is 14.6 Å². The van der Waals surface area contributed by atoms with E-state index in [0.29, 0.717) is 17.2 Å². The number of hydrogen-bond acceptors (Lipinski definition) is 3. The van der Waals surface area contributed by atoms with Crippen LogP contribution in [-0.2, 0) is 4.79 Å². The van der Waals surface area contributed by atoms with E-state index in [1.807, 2.05) is 12.1 Å². The summed E-state index contributed by atoms with van der Waals surface area (Å²) >= 11 is 0. The van der Waals surface area contributed by atoms with Crippen molar-refractivity contribution in [2.75, 3.05) is 0 Å². The van der Waals surface area contributed by atoms with Gasteiger partial charge in [0.2, 0.25) is 5.78 Å². The molecule has 0 bridgehead atoms. The number of carboxylic acids is 1. The first-order chi connectivity index (χ1) is 9.81. The summed E-state index contributed by atoms with van der Waals surface area (Å²) in [7, 11) is 0. The molecule has 1 heterocycles. The number of Topliss-reactive ketones (excluding diaryl/α,β-unsaturated/α-hetero) is 1. The van der Waals surface area contributed by atoms with E-state index in [1.54, 1.807) is 31.2 Å². The van der Waals surface area contributed by atoms with Gasteiger partial charge < -0.3 is 5.11 Å². The Kier molecular flexibility index (Phi) is 4.07. The lowest BCUT2D eigenvalue weighted by Gasteiger charge is -2.14. The second-order valence-electron chi connectivity index (χ2n) is 5.86. The van der Waals surface area contributed by atoms with E-state index in [1.165, 1.54) is 5.56 Å². The van der Waals surface area contributed by atoms with Crippen LogP contribution in [0, 0.1) is 0 Å². The maximum atomic E-state index is 12.4. The lowest BCUT2D eigenvalue weighted by atomic mass is 9.99. The molecule has 1 aromatic rings. The van der Waals surface area contributed by atoms with Crippen molar-refractivity contribution in [3.63, 3.8) is 0 Å². The summed E-state index contributed by atoms with van der Waals surface area (Å²) in [6.07, 6.45) is 3.17. The summed E-state index contributed by atoms with van der Waals surface area (Å²) < 4.78 is 0. The van der Waals surface area contributed by atoms with E-state index in [0.717, 1.165) is 0 Å². The van der Waals surface area contributed by atoms with Gasteiger partial charge in [0.05, 0.1) is 12.0 Å². The van der Waals surface area contributed by atoms with Crippen LogP contribution in [0.1, 0.15) is 49.0 Å². The summed E-state index contributed by atoms with van der Waals surface area (Å²) in [5.41, 5.74) is 1.24. The Hall–Kier alpha value is -2.23. The average Bonchev–Trinajstić information content (AvgIpc) is 2.79. The molecule has 0 aromatic heterocycles. The number of benzene rings is 1. The quantitative estimate of drug-likeness (QED) is 0.844. The van der Waals surface area contributed by atoms with E-state index in [9.17, 15) is 9.59 Å². The maximum Gasteiger partial charge on any atom is 0.306 e. The first-order valence-corrected chi connectivity index (χ1v) is 6.96. The molecule has 1 N–H and O–H groups in total. The van der Waals surface area contributed by atoms with Crippen molar-refractivity contribution < 1.29 is 14.7 Å². The standard InChI is InChI=1S/C17H19NO3/c1-11(2)12-4-6-13(7-5-12)16(21)14-8-9-17(3,18-14)10-15(19)20/h4-9,11H,10H2,1-3H3,(H,19,20). The van der Waals surface area contributed by atoms with Crippen molar-refractivity contribution in [3.8, 4) is 0 Å². The molecule has 4 nitrogen and oxygen atoms in total. The van der Waals surface area contributed by atoms with E-state index < -0.39 is 11.5 Å². The highest BCUT2D eigenvalue weighted by Gasteiger charge is 2.30. The van der Waals surface area contributed by atoms with Crippen LogP contribution < -0.4 is 0 Å². The summed E-state index contributed by atoms with van der Waals surface area (Å²) in [6.45, 7) is 5.90. The summed E-state index contributed by atoms with van der Waals surface area (Å²) in [6, 6.07) is 7.46. The van der Waals surface area contributed by atoms with Gasteiger partial charge in [0.25, 0.3) is 0 Å². The Labute approximate surface area is 124 Å². The van der Waals surface area contributed by atoms with Gasteiger partial charge in [0.1, 0.15) is 5.71 Å². The fourth-order valence-electron chi connectivity index (χ4n) is 2.31. The first-order valence-electron chi connectivity index (χ1n) is 6.96. The molecule has 110 valence electrons. The SMILES string of the molecule is CC(C)c1ccc(C(=O)C2=NC(C)(CC(=O)O)C=C2)cc1. The number of aliphatic imine (C=N–C) groups is 1. The number of ketones is 1. The number of allylic oxidation sites excluding steroid dienone is 1. The molecule has 0 aliphatic carbocycles. The van der Waals surface area contributed by atoms with Crippen molar-refractivity contribution in [1.82, 2.24) is 0 Å². The normalized spacial score (nSPS) is 20.7. The molecule has 0 saturated carbocycles. The van der Waals surface area contributed by atoms with E-state index >= 15 is 0 Å². The maximum absolute atomic E-state index is 12.4. The van der Waals surface area contributed by atoms with Crippen molar-refractivity contribution in [1.29, 1.82) is 0 Å². The van der Waals surface area contributed by atoms with Gasteiger partial charge in [-0.05, 0) is 24.5 Å². The zero-order chi connectivity index (χ0) is 15.6. The van der Waals surface area contributed by atoms with Gasteiger partial charge in [-0.15, -0.1) is 0 Å². The molecular formula is C17H19NO3. The molecule has 1 atom stereocenters. The Morgan fingerprint density at radius 3 is 2.38 bits per heavy atom. The number of carboxylic acid groups (broad SMARTS) is 1. The lowest BCUT2D eigenvalue weighted by molar-refractivity contribution is -0.137. The molecule has 0 saturated heterocycles. The van der Waals surface area contributed by atoms with E-state index in [4.69, 9.17) is 5.11 Å². The summed E-state index contributed by atoms with van der Waals surface area (Å²) in [4.78, 5) is 27.5. The van der Waals surface area contributed by atoms with Crippen LogP contribution >= 0.6 is 0 Å². The van der Waals surface area contributed by atoms with Gasteiger partial charge in [-0.2, -0.15) is 0 Å². The summed E-state index contributed by atoms with van der Waals surface area (Å²) in [5.74, 6) is -0.687. The molecule has 1 aromatic carbocycles. The zero-order valence-electron chi connectivity index (χ0n) is 12.5. The molecule has 1 aliphatic heterocycles. The minimum Gasteiger partial charge on any atom is -0.481 e. The Balaban J connectivity index is 2.20. The zero-order valence-corrected chi connectivity index (χ0v) is 12.5. The van der Waals surface area contributed by atoms with Gasteiger partial charge in [0, 0.05) is 5.56 Å². The highest BCUT2D eigenvalue weighted by molar-refractivity contribution is 6.50. The number of carbonyl (C=O) groups is 2. The number of carbonyl (C=O) groups excluding carboxylic acids is 1. The van der Waals surface area contributed by atoms with Crippen LogP contribution in [0.4, 0.5) is 0 Å². The second-order valence-corrected chi connectivity index (χ2v) is 5.86. The van der Waals surface area contributed by atoms with Crippen LogP contribution in [0.2, 0.25) is 0 Å². The molecule has 21 heavy (non-hydrogen) atoms. The van der Waals surface area contributed by atoms with Crippen LogP contribution in [-0.4, -0.2) is 28.1 Å². The Morgan fingerprint density at radius 1 is 1.24 bits per heavy atom. The molecule has 0 spiro atoms. The molecule has 0 fully saturated rings. The van der Waals surface area contributed by atoms with Crippen LogP contribution in [0.15, 0.2) is 41.4 Å². The topological polar surface area (TPSA) is 66.7 Å². The third-order valence-electron chi connectivity index (χ3n) is 3.56. The van der Waals surface area contributed by atoms with E-state index in [2.05, 4.69) is 18.8 Å². The lowest BCUT2D eigenvalue weighted by Crippen LogP contribution is -2.22. The average molecular weight is 285 g/mol. The van der Waals surface area contributed by atoms with Crippen LogP contribution in [0.3, 0.4) is 0 Å². The number of nitrogens with zero attached hydrogens (tertiary/aromatic N) is 1. The third kappa shape index (κ3) is 3.45. The molecule has 0 amide bonds. The predicted octanol–water partition coefficient (Wildman–Crippen LogP) is 3.24. The minimum atomic E-state index is -0.930. The fraction of sp³-hybridized carbons (Fsp3) is 0.353. The highest BCUT2D eigenvalue weighted by Crippen LogP contribution is 2.24. The van der Waals surface area contributed by atoms with Crippen LogP contribution in [0.25, 0.3) is 0 Å². The summed E-state index contributed by atoms with van der Waals surface area (Å²) in [5, 5.41) is 8.88. The van der Waals surface area contributed by atoms with Gasteiger partial charge in [0.15, 0.2) is 0 Å². The third-order valence-corrected chi connectivity index (χ3v) is 3.56. The molecule has 1 aliphatic rings. The first kappa shape index (κ1) is 15.2. The predicted molar refractivity (Wildman–Crippen MR) is 82.1 cm³/mol. The van der Waals surface area contributed by atoms with Gasteiger partial charge >= 0.3 is 5.97 Å². The molecule has 4 heteroatoms. The largest absolute Gasteiger partial charge is 0.481 e. The van der Waals surface area contributed by atoms with Crippen molar-refractivity contribution in [3.05, 3.63) is 47.5 Å². The van der Waals surface area contributed by atoms with E-state index in [-0.39, 0.29) is 12.2 Å². The number of aliphatic carboxylic acids is 1. The minimum absolute atomic E-state index is 0.118. The molecule has 2 rings (SSSR count). The monoisotopic (exact) mass is 285 g/mol. The highest BCUT2D eigenvalue weighted by atomic mass is 16.4. The molecule has 0 radical (unpaired) electrons. The fourth-order valence-corrected chi connectivity index (χ4v) is 2.31. The van der Waals surface area contributed by atoms with Crippen molar-refractivity contribution in [2.24, 2.45) is 4.99 Å². The van der Waals surface area contributed by atoms with Gasteiger partial charge in [-0.1, -0.05) is 44.2 Å². The number of rotatable bonds is 5. The van der Waals surface area contributed by atoms with Crippen LogP contribution in [0.5, 0.6) is 0 Å². The Bertz CT molecular complexity index is 626. The van der Waals surface area contributed by atoms with Gasteiger partial charge in [-0.25, -0.2) is 0 Å². The van der Waals surface area contributed by atoms with Crippen molar-refractivity contribution >= 4 is 17.5 Å². The molecular weight excluding hydrogens is 266 g/mol. The Morgan fingerprint density at radius 2 is 1.86 bits per heavy atom. The smallest absolute Gasteiger partial charge is 0.306 e. The number of hydrogen-bond donors (Lipinski definition) is 1. The van der Waals surface area contributed by atoms with Crippen molar-refractivity contribution in [2.45, 2.75) is 38.6 Å². The second kappa shape index (κ2) is 5.64.